The minimum absolute atomic E-state index is 0.0645. The fourth-order valence-electron chi connectivity index (χ4n) is 3.06. The summed E-state index contributed by atoms with van der Waals surface area (Å²) >= 11 is 1.28. The number of thiazole rings is 1. The van der Waals surface area contributed by atoms with Crippen LogP contribution in [0.1, 0.15) is 28.0 Å². The van der Waals surface area contributed by atoms with Gasteiger partial charge in [-0.1, -0.05) is 11.3 Å². The van der Waals surface area contributed by atoms with Gasteiger partial charge in [0.1, 0.15) is 5.58 Å². The second-order valence-electron chi connectivity index (χ2n) is 5.75. The molecule has 0 unspecified atom stereocenters. The van der Waals surface area contributed by atoms with Crippen molar-refractivity contribution in [3.8, 4) is 0 Å². The Labute approximate surface area is 137 Å². The Kier molecular flexibility index (Phi) is 3.63. The van der Waals surface area contributed by atoms with Crippen molar-refractivity contribution < 1.29 is 14.3 Å². The van der Waals surface area contributed by atoms with Gasteiger partial charge in [0.25, 0.3) is 0 Å². The largest absolute Gasteiger partial charge is 0.464 e. The zero-order valence-corrected chi connectivity index (χ0v) is 13.3. The van der Waals surface area contributed by atoms with Crippen molar-refractivity contribution in [1.29, 1.82) is 0 Å². The number of benzene rings is 1. The van der Waals surface area contributed by atoms with Crippen LogP contribution in [0, 0.1) is 0 Å². The molecule has 118 valence electrons. The number of hydrogen-bond donors (Lipinski definition) is 2. The number of furan rings is 1. The van der Waals surface area contributed by atoms with E-state index >= 15 is 0 Å². The molecule has 4 rings (SSSR count). The molecular formula is C17H16N2O3S. The van der Waals surface area contributed by atoms with Gasteiger partial charge in [-0.25, -0.2) is 4.98 Å². The Hall–Kier alpha value is -2.18. The molecular weight excluding hydrogens is 312 g/mol. The Morgan fingerprint density at radius 3 is 2.96 bits per heavy atom. The maximum Gasteiger partial charge on any atom is 0.230 e. The van der Waals surface area contributed by atoms with Crippen LogP contribution in [-0.4, -0.2) is 16.0 Å². The first kappa shape index (κ1) is 14.4. The lowest BCUT2D eigenvalue weighted by Gasteiger charge is -2.02. The number of nitrogens with one attached hydrogen (secondary N) is 1. The number of carbonyl (C=O) groups is 1. The molecule has 0 fully saturated rings. The van der Waals surface area contributed by atoms with Gasteiger partial charge in [-0.05, 0) is 42.5 Å². The number of hydrogen-bond acceptors (Lipinski definition) is 5. The van der Waals surface area contributed by atoms with Crippen molar-refractivity contribution in [2.45, 2.75) is 32.3 Å². The predicted molar refractivity (Wildman–Crippen MR) is 88.6 cm³/mol. The molecule has 0 saturated heterocycles. The molecule has 6 heteroatoms. The topological polar surface area (TPSA) is 75.4 Å². The summed E-state index contributed by atoms with van der Waals surface area (Å²) in [5.41, 5.74) is 4.48. The summed E-state index contributed by atoms with van der Waals surface area (Å²) < 4.78 is 5.62. The number of aliphatic hydroxyl groups is 1. The minimum atomic E-state index is -0.132. The van der Waals surface area contributed by atoms with Gasteiger partial charge in [-0.2, -0.15) is 0 Å². The third kappa shape index (κ3) is 2.75. The predicted octanol–water partition coefficient (Wildman–Crippen LogP) is 3.05. The molecule has 0 bridgehead atoms. The van der Waals surface area contributed by atoms with Crippen LogP contribution >= 0.6 is 11.3 Å². The molecule has 0 spiro atoms. The third-order valence-electron chi connectivity index (χ3n) is 4.17. The van der Waals surface area contributed by atoms with Gasteiger partial charge >= 0.3 is 0 Å². The number of anilines is 1. The summed E-state index contributed by atoms with van der Waals surface area (Å²) in [6, 6.07) is 4.27. The Bertz CT molecular complexity index is 881. The first-order valence-electron chi connectivity index (χ1n) is 7.60. The zero-order chi connectivity index (χ0) is 15.8. The van der Waals surface area contributed by atoms with Crippen LogP contribution in [0.5, 0.6) is 0 Å². The summed E-state index contributed by atoms with van der Waals surface area (Å²) in [5.74, 6) is -0.132. The van der Waals surface area contributed by atoms with Crippen molar-refractivity contribution in [1.82, 2.24) is 4.98 Å². The van der Waals surface area contributed by atoms with Gasteiger partial charge in [0.15, 0.2) is 5.13 Å². The van der Waals surface area contributed by atoms with Crippen LogP contribution in [0.3, 0.4) is 0 Å². The molecule has 2 N–H and O–H groups in total. The van der Waals surface area contributed by atoms with Gasteiger partial charge < -0.3 is 14.8 Å². The molecule has 2 heterocycles. The number of nitrogens with zero attached hydrogens (tertiary/aromatic N) is 1. The molecule has 0 aliphatic heterocycles. The lowest BCUT2D eigenvalue weighted by atomic mass is 10.0. The van der Waals surface area contributed by atoms with Crippen molar-refractivity contribution in [2.75, 3.05) is 5.32 Å². The minimum Gasteiger partial charge on any atom is -0.464 e. The average molecular weight is 328 g/mol. The van der Waals surface area contributed by atoms with E-state index in [1.54, 1.807) is 12.5 Å². The van der Waals surface area contributed by atoms with E-state index in [-0.39, 0.29) is 18.9 Å². The van der Waals surface area contributed by atoms with Crippen molar-refractivity contribution >= 4 is 33.3 Å². The Balaban J connectivity index is 1.54. The highest BCUT2D eigenvalue weighted by atomic mass is 32.1. The highest BCUT2D eigenvalue weighted by molar-refractivity contribution is 7.15. The van der Waals surface area contributed by atoms with Crippen molar-refractivity contribution in [3.05, 3.63) is 46.2 Å². The lowest BCUT2D eigenvalue weighted by molar-refractivity contribution is -0.115. The summed E-state index contributed by atoms with van der Waals surface area (Å²) in [7, 11) is 0. The molecule has 3 aromatic rings. The first-order chi connectivity index (χ1) is 11.2. The normalized spacial score (nSPS) is 13.4. The number of amides is 1. The smallest absolute Gasteiger partial charge is 0.230 e. The summed E-state index contributed by atoms with van der Waals surface area (Å²) in [5, 5.41) is 13.3. The number of aryl methyl sites for hydroxylation is 2. The van der Waals surface area contributed by atoms with Gasteiger partial charge in [0.05, 0.1) is 24.2 Å². The molecule has 1 aromatic carbocycles. The number of fused-ring (bicyclic) bond motifs is 2. The first-order valence-corrected chi connectivity index (χ1v) is 8.42. The van der Waals surface area contributed by atoms with E-state index in [2.05, 4.69) is 22.4 Å². The standard InChI is InChI=1S/C17H16N2O3S/c20-8-13-7-18-17(23-13)19-16(21)6-12-9-22-15-5-11-3-1-2-10(11)4-14(12)15/h4-5,7,9,20H,1-3,6,8H2,(H,18,19,21). The maximum atomic E-state index is 12.2. The summed E-state index contributed by atoms with van der Waals surface area (Å²) in [6.07, 6.45) is 6.89. The van der Waals surface area contributed by atoms with Crippen LogP contribution in [-0.2, 0) is 30.7 Å². The number of aromatic nitrogens is 1. The van der Waals surface area contributed by atoms with Gasteiger partial charge in [0.2, 0.25) is 5.91 Å². The van der Waals surface area contributed by atoms with Crippen LogP contribution < -0.4 is 5.32 Å². The van der Waals surface area contributed by atoms with E-state index in [0.29, 0.717) is 5.13 Å². The van der Waals surface area contributed by atoms with Crippen LogP contribution in [0.15, 0.2) is 29.0 Å². The quantitative estimate of drug-likeness (QED) is 0.772. The number of carbonyl (C=O) groups excluding carboxylic acids is 1. The molecule has 0 radical (unpaired) electrons. The van der Waals surface area contributed by atoms with E-state index in [4.69, 9.17) is 9.52 Å². The number of aliphatic hydroxyl groups excluding tert-OH is 1. The van der Waals surface area contributed by atoms with Crippen molar-refractivity contribution in [2.24, 2.45) is 0 Å². The molecule has 23 heavy (non-hydrogen) atoms. The van der Waals surface area contributed by atoms with E-state index in [9.17, 15) is 4.79 Å². The van der Waals surface area contributed by atoms with Crippen LogP contribution in [0.25, 0.3) is 11.0 Å². The average Bonchev–Trinajstić information content (AvgIpc) is 3.25. The van der Waals surface area contributed by atoms with E-state index in [1.807, 2.05) is 0 Å². The maximum absolute atomic E-state index is 12.2. The van der Waals surface area contributed by atoms with E-state index in [1.165, 1.54) is 28.9 Å². The molecule has 5 nitrogen and oxygen atoms in total. The Morgan fingerprint density at radius 2 is 2.17 bits per heavy atom. The zero-order valence-electron chi connectivity index (χ0n) is 12.5. The second-order valence-corrected chi connectivity index (χ2v) is 6.86. The Morgan fingerprint density at radius 1 is 1.35 bits per heavy atom. The fraction of sp³-hybridized carbons (Fsp3) is 0.294. The molecule has 2 aromatic heterocycles. The summed E-state index contributed by atoms with van der Waals surface area (Å²) in [6.45, 7) is -0.0645. The second kappa shape index (κ2) is 5.79. The SMILES string of the molecule is O=C(Cc1coc2cc3c(cc12)CCC3)Nc1ncc(CO)s1. The molecule has 1 aliphatic rings. The van der Waals surface area contributed by atoms with E-state index < -0.39 is 0 Å². The number of rotatable bonds is 4. The van der Waals surface area contributed by atoms with Gasteiger partial charge in [-0.15, -0.1) is 0 Å². The highest BCUT2D eigenvalue weighted by Crippen LogP contribution is 2.30. The van der Waals surface area contributed by atoms with E-state index in [0.717, 1.165) is 34.3 Å². The lowest BCUT2D eigenvalue weighted by Crippen LogP contribution is -2.13. The fourth-order valence-corrected chi connectivity index (χ4v) is 3.75. The molecule has 0 saturated carbocycles. The third-order valence-corrected chi connectivity index (χ3v) is 5.07. The summed E-state index contributed by atoms with van der Waals surface area (Å²) in [4.78, 5) is 17.0. The molecule has 1 aliphatic carbocycles. The van der Waals surface area contributed by atoms with Gasteiger partial charge in [-0.3, -0.25) is 4.79 Å². The van der Waals surface area contributed by atoms with Crippen LogP contribution in [0.4, 0.5) is 5.13 Å². The monoisotopic (exact) mass is 328 g/mol. The molecule has 1 amide bonds. The van der Waals surface area contributed by atoms with Crippen molar-refractivity contribution in [3.63, 3.8) is 0 Å². The highest BCUT2D eigenvalue weighted by Gasteiger charge is 2.17. The van der Waals surface area contributed by atoms with Gasteiger partial charge in [0, 0.05) is 17.1 Å². The molecule has 0 atom stereocenters. The van der Waals surface area contributed by atoms with Crippen LogP contribution in [0.2, 0.25) is 0 Å².